The molecule has 2 aromatic rings. The molecule has 2 aliphatic rings. The van der Waals surface area contributed by atoms with Crippen molar-refractivity contribution < 1.29 is 14.6 Å². The third-order valence-corrected chi connectivity index (χ3v) is 6.71. The quantitative estimate of drug-likeness (QED) is 0.502. The molecule has 6 heteroatoms. The minimum atomic E-state index is -1.77. The maximum atomic E-state index is 12.9. The van der Waals surface area contributed by atoms with Crippen LogP contribution in [0.15, 0.2) is 60.2 Å². The number of thiophene rings is 1. The molecular formula is C23H28N2O3S. The number of rotatable bonds is 9. The predicted octanol–water partition coefficient (Wildman–Crippen LogP) is 3.76. The van der Waals surface area contributed by atoms with E-state index in [1.807, 2.05) is 29.6 Å². The van der Waals surface area contributed by atoms with E-state index in [0.717, 1.165) is 19.0 Å². The first-order chi connectivity index (χ1) is 14.1. The van der Waals surface area contributed by atoms with Crippen molar-refractivity contribution >= 4 is 17.3 Å². The summed E-state index contributed by atoms with van der Waals surface area (Å²) in [5.74, 6) is 0.238. The number of esters is 1. The Morgan fingerprint density at radius 2 is 1.93 bits per heavy atom. The van der Waals surface area contributed by atoms with Gasteiger partial charge in [0, 0.05) is 31.1 Å². The smallest absolute Gasteiger partial charge is 0.348 e. The van der Waals surface area contributed by atoms with Crippen molar-refractivity contribution in [3.8, 4) is 0 Å². The molecule has 0 spiro atoms. The normalized spacial score (nSPS) is 20.7. The standard InChI is InChI=1S/C23H28N2O3S/c1-18-24(13-14-25(18)17-19-10-11-19)12-6-15-28-22(26)23(27,21-9-5-16-29-21)20-7-3-2-4-8-20/h2-5,7-9,13-14,16,18-19,27H,6,10-12,15,17H2,1H3. The lowest BCUT2D eigenvalue weighted by Crippen LogP contribution is -2.39. The number of benzene rings is 1. The first-order valence-electron chi connectivity index (χ1n) is 10.3. The second-order valence-corrected chi connectivity index (χ2v) is 8.80. The van der Waals surface area contributed by atoms with Crippen LogP contribution >= 0.6 is 11.3 Å². The van der Waals surface area contributed by atoms with Crippen LogP contribution < -0.4 is 0 Å². The van der Waals surface area contributed by atoms with E-state index in [1.165, 1.54) is 24.2 Å². The Hall–Kier alpha value is -2.31. The number of hydrogen-bond donors (Lipinski definition) is 1. The Labute approximate surface area is 176 Å². The van der Waals surface area contributed by atoms with Crippen LogP contribution in [0.3, 0.4) is 0 Å². The molecule has 0 bridgehead atoms. The van der Waals surface area contributed by atoms with Crippen LogP contribution in [0.5, 0.6) is 0 Å². The fourth-order valence-corrected chi connectivity index (χ4v) is 4.56. The highest BCUT2D eigenvalue weighted by molar-refractivity contribution is 7.10. The van der Waals surface area contributed by atoms with E-state index in [9.17, 15) is 9.90 Å². The minimum absolute atomic E-state index is 0.277. The Morgan fingerprint density at radius 3 is 2.62 bits per heavy atom. The van der Waals surface area contributed by atoms with Gasteiger partial charge in [0.25, 0.3) is 0 Å². The van der Waals surface area contributed by atoms with Crippen LogP contribution in [-0.4, -0.2) is 46.7 Å². The number of hydrogen-bond acceptors (Lipinski definition) is 6. The summed E-state index contributed by atoms with van der Waals surface area (Å²) in [6.07, 6.45) is 8.05. The summed E-state index contributed by atoms with van der Waals surface area (Å²) in [6.45, 7) is 4.43. The van der Waals surface area contributed by atoms with Crippen molar-refractivity contribution in [2.75, 3.05) is 19.7 Å². The summed E-state index contributed by atoms with van der Waals surface area (Å²) >= 11 is 1.35. The topological polar surface area (TPSA) is 53.0 Å². The molecule has 1 fully saturated rings. The zero-order chi connectivity index (χ0) is 20.3. The van der Waals surface area contributed by atoms with Gasteiger partial charge in [-0.3, -0.25) is 0 Å². The van der Waals surface area contributed by atoms with Gasteiger partial charge >= 0.3 is 5.97 Å². The van der Waals surface area contributed by atoms with Gasteiger partial charge in [0.2, 0.25) is 5.60 Å². The molecule has 154 valence electrons. The molecule has 2 heterocycles. The fourth-order valence-electron chi connectivity index (χ4n) is 3.73. The maximum Gasteiger partial charge on any atom is 0.348 e. The maximum absolute atomic E-state index is 12.9. The number of carbonyl (C=O) groups excluding carboxylic acids is 1. The SMILES string of the molecule is CC1N(CCCOC(=O)C(O)(c2ccccc2)c2cccs2)C=CN1CC1CC1. The summed E-state index contributed by atoms with van der Waals surface area (Å²) in [5, 5.41) is 13.1. The van der Waals surface area contributed by atoms with Crippen LogP contribution in [0, 0.1) is 5.92 Å². The van der Waals surface area contributed by atoms with Crippen LogP contribution in [-0.2, 0) is 15.1 Å². The zero-order valence-corrected chi connectivity index (χ0v) is 17.6. The van der Waals surface area contributed by atoms with Gasteiger partial charge < -0.3 is 19.6 Å². The summed E-state index contributed by atoms with van der Waals surface area (Å²) in [4.78, 5) is 18.1. The van der Waals surface area contributed by atoms with E-state index in [1.54, 1.807) is 18.2 Å². The van der Waals surface area contributed by atoms with Crippen LogP contribution in [0.4, 0.5) is 0 Å². The third kappa shape index (κ3) is 4.33. The molecule has 1 N–H and O–H groups in total. The summed E-state index contributed by atoms with van der Waals surface area (Å²) in [5.41, 5.74) is -1.24. The summed E-state index contributed by atoms with van der Waals surface area (Å²) in [6, 6.07) is 12.6. The third-order valence-electron chi connectivity index (χ3n) is 5.73. The van der Waals surface area contributed by atoms with Crippen LogP contribution in [0.25, 0.3) is 0 Å². The first kappa shape index (κ1) is 20.0. The van der Waals surface area contributed by atoms with Gasteiger partial charge in [0.15, 0.2) is 0 Å². The average Bonchev–Trinajstić information content (AvgIpc) is 3.25. The molecule has 0 saturated heterocycles. The van der Waals surface area contributed by atoms with E-state index in [-0.39, 0.29) is 6.61 Å². The van der Waals surface area contributed by atoms with Gasteiger partial charge in [-0.25, -0.2) is 4.79 Å². The highest BCUT2D eigenvalue weighted by atomic mass is 32.1. The van der Waals surface area contributed by atoms with Crippen molar-refractivity contribution in [3.63, 3.8) is 0 Å². The molecule has 0 radical (unpaired) electrons. The van der Waals surface area contributed by atoms with Gasteiger partial charge in [0.1, 0.15) is 0 Å². The van der Waals surface area contributed by atoms with Gasteiger partial charge in [-0.1, -0.05) is 36.4 Å². The highest BCUT2D eigenvalue weighted by Crippen LogP contribution is 2.34. The molecule has 1 aromatic carbocycles. The van der Waals surface area contributed by atoms with Crippen molar-refractivity contribution in [1.29, 1.82) is 0 Å². The van der Waals surface area contributed by atoms with E-state index >= 15 is 0 Å². The molecule has 0 amide bonds. The van der Waals surface area contributed by atoms with E-state index in [4.69, 9.17) is 4.74 Å². The van der Waals surface area contributed by atoms with Crippen molar-refractivity contribution in [2.24, 2.45) is 5.92 Å². The molecule has 29 heavy (non-hydrogen) atoms. The molecule has 2 unspecified atom stereocenters. The average molecular weight is 413 g/mol. The zero-order valence-electron chi connectivity index (χ0n) is 16.7. The lowest BCUT2D eigenvalue weighted by atomic mass is 9.92. The Morgan fingerprint density at radius 1 is 1.17 bits per heavy atom. The van der Waals surface area contributed by atoms with Crippen LogP contribution in [0.2, 0.25) is 0 Å². The van der Waals surface area contributed by atoms with Crippen molar-refractivity contribution in [1.82, 2.24) is 9.80 Å². The number of carbonyl (C=O) groups is 1. The van der Waals surface area contributed by atoms with Crippen LogP contribution in [0.1, 0.15) is 36.6 Å². The molecule has 4 rings (SSSR count). The van der Waals surface area contributed by atoms with Gasteiger partial charge in [0.05, 0.1) is 17.6 Å². The minimum Gasteiger partial charge on any atom is -0.463 e. The van der Waals surface area contributed by atoms with Crippen molar-refractivity contribution in [3.05, 3.63) is 70.7 Å². The summed E-state index contributed by atoms with van der Waals surface area (Å²) < 4.78 is 5.54. The summed E-state index contributed by atoms with van der Waals surface area (Å²) in [7, 11) is 0. The number of ether oxygens (including phenoxy) is 1. The van der Waals surface area contributed by atoms with E-state index < -0.39 is 11.6 Å². The monoisotopic (exact) mass is 412 g/mol. The molecule has 2 atom stereocenters. The van der Waals surface area contributed by atoms with Gasteiger partial charge in [-0.05, 0) is 43.6 Å². The molecule has 1 aromatic heterocycles. The molecular weight excluding hydrogens is 384 g/mol. The lowest BCUT2D eigenvalue weighted by Gasteiger charge is -2.30. The predicted molar refractivity (Wildman–Crippen MR) is 114 cm³/mol. The van der Waals surface area contributed by atoms with Gasteiger partial charge in [-0.15, -0.1) is 11.3 Å². The fraction of sp³-hybridized carbons (Fsp3) is 0.435. The number of aliphatic hydroxyl groups is 1. The Bertz CT molecular complexity index is 835. The Kier molecular flexibility index (Phi) is 5.92. The van der Waals surface area contributed by atoms with Gasteiger partial charge in [-0.2, -0.15) is 0 Å². The van der Waals surface area contributed by atoms with E-state index in [0.29, 0.717) is 23.0 Å². The number of nitrogens with zero attached hydrogens (tertiary/aromatic N) is 2. The largest absolute Gasteiger partial charge is 0.463 e. The first-order valence-corrected chi connectivity index (χ1v) is 11.2. The highest BCUT2D eigenvalue weighted by Gasteiger charge is 2.42. The molecule has 1 aliphatic carbocycles. The second-order valence-electron chi connectivity index (χ2n) is 7.85. The lowest BCUT2D eigenvalue weighted by molar-refractivity contribution is -0.162. The molecule has 5 nitrogen and oxygen atoms in total. The molecule has 1 saturated carbocycles. The van der Waals surface area contributed by atoms with Crippen molar-refractivity contribution in [2.45, 2.75) is 38.0 Å². The second kappa shape index (κ2) is 8.59. The van der Waals surface area contributed by atoms with E-state index in [2.05, 4.69) is 29.1 Å². The molecule has 1 aliphatic heterocycles. The Balaban J connectivity index is 1.32.